The summed E-state index contributed by atoms with van der Waals surface area (Å²) in [7, 11) is 1.88. The minimum Gasteiger partial charge on any atom is -0.504 e. The maximum absolute atomic E-state index is 12.7. The maximum Gasteiger partial charge on any atom is 0.278 e. The number of aromatic nitrogens is 2. The molecule has 1 unspecified atom stereocenters. The summed E-state index contributed by atoms with van der Waals surface area (Å²) in [6.07, 6.45) is 3.44. The van der Waals surface area contributed by atoms with Crippen LogP contribution in [0.25, 0.3) is 5.69 Å². The maximum atomic E-state index is 12.7. The third-order valence-electron chi connectivity index (χ3n) is 4.00. The molecule has 1 fully saturated rings. The number of para-hydroxylation sites is 1. The molecule has 2 aromatic rings. The van der Waals surface area contributed by atoms with Crippen molar-refractivity contribution < 1.29 is 9.90 Å². The van der Waals surface area contributed by atoms with E-state index in [1.54, 1.807) is 4.90 Å². The lowest BCUT2D eigenvalue weighted by Gasteiger charge is -2.23. The Kier molecular flexibility index (Phi) is 5.63. The molecule has 3 rings (SSSR count). The molecule has 2 N–H and O–H groups in total. The third kappa shape index (κ3) is 3.48. The minimum atomic E-state index is -0.204. The van der Waals surface area contributed by atoms with E-state index in [1.807, 2.05) is 37.4 Å². The fourth-order valence-electron chi connectivity index (χ4n) is 2.92. The fourth-order valence-corrected chi connectivity index (χ4v) is 2.92. The highest BCUT2D eigenvalue weighted by Crippen LogP contribution is 2.24. The Morgan fingerprint density at radius 3 is 2.83 bits per heavy atom. The van der Waals surface area contributed by atoms with Crippen LogP contribution in [0.3, 0.4) is 0 Å². The number of rotatable bonds is 4. The van der Waals surface area contributed by atoms with Crippen LogP contribution in [-0.4, -0.2) is 51.9 Å². The molecule has 0 aliphatic carbocycles. The predicted molar refractivity (Wildman–Crippen MR) is 90.5 cm³/mol. The Bertz CT molecular complexity index is 659. The van der Waals surface area contributed by atoms with Crippen LogP contribution in [-0.2, 0) is 0 Å². The number of likely N-dealkylation sites (tertiary alicyclic amines) is 1. The number of nitrogens with one attached hydrogen (secondary N) is 1. The zero-order valence-electron chi connectivity index (χ0n) is 13.0. The summed E-state index contributed by atoms with van der Waals surface area (Å²) in [5, 5.41) is 17.5. The number of likely N-dealkylation sites (N-methyl/N-ethyl adjacent to an activating group) is 1. The molecule has 1 aliphatic heterocycles. The van der Waals surface area contributed by atoms with Gasteiger partial charge in [0.15, 0.2) is 11.4 Å². The standard InChI is InChI=1S/C16H20N4O2.ClH/c1-17-10-13-8-5-9-19(13)16(22)15-14(21)11-20(18-15)12-6-3-2-4-7-12;/h2-4,6-7,11,13,17,21H,5,8-10H2,1H3;1H. The van der Waals surface area contributed by atoms with Crippen molar-refractivity contribution in [3.05, 3.63) is 42.2 Å². The second kappa shape index (κ2) is 7.48. The summed E-state index contributed by atoms with van der Waals surface area (Å²) in [6, 6.07) is 9.60. The number of carbonyl (C=O) groups is 1. The van der Waals surface area contributed by atoms with Gasteiger partial charge in [-0.1, -0.05) is 18.2 Å². The molecule has 0 bridgehead atoms. The molecule has 0 saturated carbocycles. The van der Waals surface area contributed by atoms with Crippen molar-refractivity contribution in [2.45, 2.75) is 18.9 Å². The predicted octanol–water partition coefficient (Wildman–Crippen LogP) is 1.82. The van der Waals surface area contributed by atoms with E-state index in [2.05, 4.69) is 10.4 Å². The lowest BCUT2D eigenvalue weighted by atomic mass is 10.2. The van der Waals surface area contributed by atoms with E-state index in [9.17, 15) is 9.90 Å². The quantitative estimate of drug-likeness (QED) is 0.893. The van der Waals surface area contributed by atoms with Crippen molar-refractivity contribution in [3.8, 4) is 11.4 Å². The Morgan fingerprint density at radius 1 is 1.39 bits per heavy atom. The van der Waals surface area contributed by atoms with Crippen LogP contribution in [0.4, 0.5) is 0 Å². The van der Waals surface area contributed by atoms with Gasteiger partial charge < -0.3 is 15.3 Å². The highest BCUT2D eigenvalue weighted by atomic mass is 35.5. The normalized spacial score (nSPS) is 17.1. The van der Waals surface area contributed by atoms with Crippen LogP contribution in [0.15, 0.2) is 36.5 Å². The van der Waals surface area contributed by atoms with Crippen molar-refractivity contribution in [3.63, 3.8) is 0 Å². The van der Waals surface area contributed by atoms with Crippen LogP contribution < -0.4 is 5.32 Å². The smallest absolute Gasteiger partial charge is 0.278 e. The van der Waals surface area contributed by atoms with Crippen LogP contribution in [0, 0.1) is 0 Å². The van der Waals surface area contributed by atoms with Crippen molar-refractivity contribution in [1.82, 2.24) is 20.0 Å². The van der Waals surface area contributed by atoms with Crippen LogP contribution in [0.1, 0.15) is 23.3 Å². The summed E-state index contributed by atoms with van der Waals surface area (Å²) in [6.45, 7) is 1.47. The van der Waals surface area contributed by atoms with E-state index >= 15 is 0 Å². The molecule has 124 valence electrons. The molecule has 1 aromatic carbocycles. The first-order valence-corrected chi connectivity index (χ1v) is 7.50. The first kappa shape index (κ1) is 17.3. The van der Waals surface area contributed by atoms with Gasteiger partial charge in [-0.25, -0.2) is 4.68 Å². The SMILES string of the molecule is CNCC1CCCN1C(=O)c1nn(-c2ccccc2)cc1O.Cl. The molecule has 1 amide bonds. The molecule has 2 heterocycles. The zero-order chi connectivity index (χ0) is 15.5. The summed E-state index contributed by atoms with van der Waals surface area (Å²) < 4.78 is 1.53. The molecule has 1 saturated heterocycles. The van der Waals surface area contributed by atoms with Crippen molar-refractivity contribution in [2.24, 2.45) is 0 Å². The fraction of sp³-hybridized carbons (Fsp3) is 0.375. The summed E-state index contributed by atoms with van der Waals surface area (Å²) in [5.41, 5.74) is 0.928. The Labute approximate surface area is 141 Å². The average molecular weight is 337 g/mol. The van der Waals surface area contributed by atoms with Gasteiger partial charge in [0.05, 0.1) is 11.9 Å². The largest absolute Gasteiger partial charge is 0.504 e. The van der Waals surface area contributed by atoms with Crippen molar-refractivity contribution >= 4 is 18.3 Å². The molecule has 1 atom stereocenters. The summed E-state index contributed by atoms with van der Waals surface area (Å²) in [4.78, 5) is 14.5. The van der Waals surface area contributed by atoms with Gasteiger partial charge in [-0.05, 0) is 32.0 Å². The van der Waals surface area contributed by atoms with Gasteiger partial charge in [0.2, 0.25) is 0 Å². The first-order chi connectivity index (χ1) is 10.7. The molecule has 0 radical (unpaired) electrons. The summed E-state index contributed by atoms with van der Waals surface area (Å²) >= 11 is 0. The number of hydrogen-bond acceptors (Lipinski definition) is 4. The molecule has 7 heteroatoms. The highest BCUT2D eigenvalue weighted by molar-refractivity contribution is 5.95. The van der Waals surface area contributed by atoms with Crippen LogP contribution >= 0.6 is 12.4 Å². The second-order valence-corrected chi connectivity index (χ2v) is 5.50. The lowest BCUT2D eigenvalue weighted by molar-refractivity contribution is 0.0727. The van der Waals surface area contributed by atoms with Crippen molar-refractivity contribution in [1.29, 1.82) is 0 Å². The molecule has 0 spiro atoms. The molecule has 1 aromatic heterocycles. The van der Waals surface area contributed by atoms with Gasteiger partial charge >= 0.3 is 0 Å². The van der Waals surface area contributed by atoms with Gasteiger partial charge in [0, 0.05) is 19.1 Å². The van der Waals surface area contributed by atoms with Gasteiger partial charge in [-0.2, -0.15) is 5.10 Å². The van der Waals surface area contributed by atoms with Crippen LogP contribution in [0.5, 0.6) is 5.75 Å². The van der Waals surface area contributed by atoms with E-state index in [1.165, 1.54) is 10.9 Å². The molecule has 1 aliphatic rings. The highest BCUT2D eigenvalue weighted by Gasteiger charge is 2.31. The van der Waals surface area contributed by atoms with Crippen molar-refractivity contribution in [2.75, 3.05) is 20.1 Å². The van der Waals surface area contributed by atoms with E-state index in [4.69, 9.17) is 0 Å². The Hall–Kier alpha value is -2.05. The monoisotopic (exact) mass is 336 g/mol. The average Bonchev–Trinajstić information content (AvgIpc) is 3.15. The number of amides is 1. The molecule has 23 heavy (non-hydrogen) atoms. The number of carbonyl (C=O) groups excluding carboxylic acids is 1. The first-order valence-electron chi connectivity index (χ1n) is 7.50. The molecular weight excluding hydrogens is 316 g/mol. The summed E-state index contributed by atoms with van der Waals surface area (Å²) in [5.74, 6) is -0.283. The van der Waals surface area contributed by atoms with Crippen LogP contribution in [0.2, 0.25) is 0 Å². The zero-order valence-corrected chi connectivity index (χ0v) is 13.8. The molecular formula is C16H21ClN4O2. The van der Waals surface area contributed by atoms with Gasteiger partial charge in [-0.3, -0.25) is 4.79 Å². The van der Waals surface area contributed by atoms with Gasteiger partial charge in [0.25, 0.3) is 5.91 Å². The topological polar surface area (TPSA) is 70.4 Å². The minimum absolute atomic E-state index is 0. The Balaban J connectivity index is 0.00000192. The van der Waals surface area contributed by atoms with Gasteiger partial charge in [-0.15, -0.1) is 12.4 Å². The lowest BCUT2D eigenvalue weighted by Crippen LogP contribution is -2.41. The molecule has 6 nitrogen and oxygen atoms in total. The van der Waals surface area contributed by atoms with E-state index < -0.39 is 0 Å². The number of benzene rings is 1. The third-order valence-corrected chi connectivity index (χ3v) is 4.00. The van der Waals surface area contributed by atoms with E-state index in [-0.39, 0.29) is 35.8 Å². The Morgan fingerprint density at radius 2 is 2.13 bits per heavy atom. The number of aromatic hydroxyl groups is 1. The van der Waals surface area contributed by atoms with E-state index in [0.29, 0.717) is 6.54 Å². The van der Waals surface area contributed by atoms with E-state index in [0.717, 1.165) is 25.1 Å². The second-order valence-electron chi connectivity index (χ2n) is 5.50. The number of hydrogen-bond donors (Lipinski definition) is 2. The van der Waals surface area contributed by atoms with Gasteiger partial charge in [0.1, 0.15) is 0 Å². The number of nitrogens with zero attached hydrogens (tertiary/aromatic N) is 3. The number of halogens is 1.